The summed E-state index contributed by atoms with van der Waals surface area (Å²) < 4.78 is 10.6. The summed E-state index contributed by atoms with van der Waals surface area (Å²) in [6.07, 6.45) is 2.36. The summed E-state index contributed by atoms with van der Waals surface area (Å²) in [6.45, 7) is 2.98. The van der Waals surface area contributed by atoms with Crippen molar-refractivity contribution in [2.45, 2.75) is 25.9 Å². The Balaban J connectivity index is 1.78. The van der Waals surface area contributed by atoms with Crippen molar-refractivity contribution < 1.29 is 19.4 Å². The molecule has 2 rings (SSSR count). The third kappa shape index (κ3) is 6.13. The molecule has 1 fully saturated rings. The van der Waals surface area contributed by atoms with Crippen LogP contribution in [0.15, 0.2) is 29.4 Å². The molecule has 0 aliphatic carbocycles. The number of nitrogens with one attached hydrogen (secondary N) is 2. The van der Waals surface area contributed by atoms with E-state index in [0.29, 0.717) is 17.4 Å². The van der Waals surface area contributed by atoms with Crippen LogP contribution in [0.25, 0.3) is 0 Å². The van der Waals surface area contributed by atoms with Gasteiger partial charge in [-0.3, -0.25) is 5.43 Å². The number of hydrazone groups is 1. The molecule has 0 unspecified atom stereocenters. The fraction of sp³-hybridized carbons (Fsp3) is 0.438. The molecule has 24 heavy (non-hydrogen) atoms. The van der Waals surface area contributed by atoms with Crippen LogP contribution in [0.1, 0.15) is 25.3 Å². The molecule has 8 heteroatoms. The maximum Gasteiger partial charge on any atom is 0.341 e. The predicted octanol–water partition coefficient (Wildman–Crippen LogP) is 1.52. The topological polar surface area (TPSA) is 92.2 Å². The normalized spacial score (nSPS) is 17.4. The van der Waals surface area contributed by atoms with Crippen LogP contribution in [0.3, 0.4) is 0 Å². The molecule has 7 nitrogen and oxygen atoms in total. The molecule has 130 valence electrons. The number of hydrogen-bond acceptors (Lipinski definition) is 5. The van der Waals surface area contributed by atoms with E-state index in [2.05, 4.69) is 15.8 Å². The predicted molar refractivity (Wildman–Crippen MR) is 94.5 cm³/mol. The van der Waals surface area contributed by atoms with Crippen LogP contribution in [-0.2, 0) is 9.53 Å². The van der Waals surface area contributed by atoms with Crippen molar-refractivity contribution in [2.75, 3.05) is 19.8 Å². The zero-order valence-electron chi connectivity index (χ0n) is 13.4. The molecule has 0 radical (unpaired) electrons. The Morgan fingerprint density at radius 2 is 2.21 bits per heavy atom. The lowest BCUT2D eigenvalue weighted by atomic mass is 10.1. The van der Waals surface area contributed by atoms with Crippen molar-refractivity contribution in [3.8, 4) is 5.75 Å². The molecule has 0 amide bonds. The summed E-state index contributed by atoms with van der Waals surface area (Å²) >= 11 is 5.18. The highest BCUT2D eigenvalue weighted by Gasteiger charge is 2.15. The Kier molecular flexibility index (Phi) is 6.95. The van der Waals surface area contributed by atoms with E-state index in [9.17, 15) is 4.79 Å². The molecule has 1 aliphatic heterocycles. The Labute approximate surface area is 146 Å². The molecule has 1 heterocycles. The number of hydrogen-bond donors (Lipinski definition) is 3. The fourth-order valence-electron chi connectivity index (χ4n) is 2.19. The Bertz CT molecular complexity index is 598. The van der Waals surface area contributed by atoms with E-state index in [1.165, 1.54) is 0 Å². The minimum atomic E-state index is -1.01. The average Bonchev–Trinajstić information content (AvgIpc) is 3.10. The lowest BCUT2D eigenvalue weighted by Gasteiger charge is -2.12. The number of carbonyl (C=O) groups is 1. The molecule has 3 N–H and O–H groups in total. The average molecular weight is 351 g/mol. The summed E-state index contributed by atoms with van der Waals surface area (Å²) in [5.74, 6) is -0.513. The molecule has 1 aromatic carbocycles. The minimum Gasteiger partial charge on any atom is -0.482 e. The second-order valence-corrected chi connectivity index (χ2v) is 5.77. The van der Waals surface area contributed by atoms with Crippen molar-refractivity contribution in [3.63, 3.8) is 0 Å². The minimum absolute atomic E-state index is 0.216. The first-order valence-corrected chi connectivity index (χ1v) is 8.10. The van der Waals surface area contributed by atoms with Gasteiger partial charge in [-0.1, -0.05) is 0 Å². The van der Waals surface area contributed by atoms with Gasteiger partial charge in [-0.15, -0.1) is 0 Å². The van der Waals surface area contributed by atoms with E-state index in [0.717, 1.165) is 30.7 Å². The van der Waals surface area contributed by atoms with E-state index < -0.39 is 5.97 Å². The third-order valence-corrected chi connectivity index (χ3v) is 3.71. The van der Waals surface area contributed by atoms with Crippen molar-refractivity contribution in [3.05, 3.63) is 29.8 Å². The van der Waals surface area contributed by atoms with Gasteiger partial charge in [-0.25, -0.2) is 4.79 Å². The first kappa shape index (κ1) is 18.2. The van der Waals surface area contributed by atoms with Crippen LogP contribution in [0, 0.1) is 0 Å². The first-order chi connectivity index (χ1) is 11.5. The van der Waals surface area contributed by atoms with Gasteiger partial charge in [0.15, 0.2) is 11.7 Å². The van der Waals surface area contributed by atoms with Gasteiger partial charge in [0.05, 0.1) is 11.8 Å². The molecule has 0 saturated carbocycles. The van der Waals surface area contributed by atoms with Crippen LogP contribution in [0.2, 0.25) is 0 Å². The second kappa shape index (κ2) is 9.19. The largest absolute Gasteiger partial charge is 0.482 e. The number of thiocarbonyl (C=S) groups is 1. The van der Waals surface area contributed by atoms with E-state index in [1.807, 2.05) is 6.92 Å². The molecule has 0 spiro atoms. The second-order valence-electron chi connectivity index (χ2n) is 5.36. The summed E-state index contributed by atoms with van der Waals surface area (Å²) in [5, 5.41) is 16.3. The zero-order valence-corrected chi connectivity index (χ0v) is 14.3. The number of rotatable bonds is 7. The monoisotopic (exact) mass is 351 g/mol. The Hall–Kier alpha value is -2.19. The molecule has 1 atom stereocenters. The van der Waals surface area contributed by atoms with Crippen molar-refractivity contribution >= 4 is 29.0 Å². The van der Waals surface area contributed by atoms with Crippen LogP contribution in [0.5, 0.6) is 5.75 Å². The third-order valence-electron chi connectivity index (χ3n) is 3.47. The highest BCUT2D eigenvalue weighted by atomic mass is 32.1. The summed E-state index contributed by atoms with van der Waals surface area (Å²) in [6, 6.07) is 7.01. The quantitative estimate of drug-likeness (QED) is 0.390. The summed E-state index contributed by atoms with van der Waals surface area (Å²) in [7, 11) is 0. The molecule has 1 aliphatic rings. The van der Waals surface area contributed by atoms with Gasteiger partial charge in [-0.05, 0) is 61.8 Å². The molecular formula is C16H21N3O4S. The highest BCUT2D eigenvalue weighted by molar-refractivity contribution is 7.80. The number of benzene rings is 1. The standard InChI is InChI=1S/C16H21N3O4S/c1-11(12-4-6-13(7-5-12)23-10-15(20)21)18-19-16(24)17-9-14-3-2-8-22-14/h4-7,14H,2-3,8-10H2,1H3,(H,20,21)(H2,17,19,24)/b18-11-/t14-/m1/s1. The van der Waals surface area contributed by atoms with Gasteiger partial charge >= 0.3 is 5.97 Å². The lowest BCUT2D eigenvalue weighted by Crippen LogP contribution is -2.37. The summed E-state index contributed by atoms with van der Waals surface area (Å²) in [4.78, 5) is 10.5. The van der Waals surface area contributed by atoms with Gasteiger partial charge in [0.25, 0.3) is 0 Å². The first-order valence-electron chi connectivity index (χ1n) is 7.69. The summed E-state index contributed by atoms with van der Waals surface area (Å²) in [5.41, 5.74) is 4.44. The van der Waals surface area contributed by atoms with E-state index in [-0.39, 0.29) is 12.7 Å². The van der Waals surface area contributed by atoms with Gasteiger partial charge in [-0.2, -0.15) is 5.10 Å². The molecular weight excluding hydrogens is 330 g/mol. The number of aliphatic carboxylic acids is 1. The number of nitrogens with zero attached hydrogens (tertiary/aromatic N) is 1. The number of carboxylic acid groups (broad SMARTS) is 1. The fourth-order valence-corrected chi connectivity index (χ4v) is 2.32. The van der Waals surface area contributed by atoms with Gasteiger partial charge in [0, 0.05) is 13.2 Å². The Morgan fingerprint density at radius 3 is 2.83 bits per heavy atom. The SMILES string of the molecule is C/C(=N/NC(=S)NC[C@H]1CCCO1)c1ccc(OCC(=O)O)cc1. The molecule has 1 saturated heterocycles. The number of carboxylic acids is 1. The van der Waals surface area contributed by atoms with Crippen LogP contribution in [0.4, 0.5) is 0 Å². The van der Waals surface area contributed by atoms with Crippen molar-refractivity contribution in [1.82, 2.24) is 10.7 Å². The highest BCUT2D eigenvalue weighted by Crippen LogP contribution is 2.13. The number of ether oxygens (including phenoxy) is 2. The van der Waals surface area contributed by atoms with Crippen LogP contribution >= 0.6 is 12.2 Å². The van der Waals surface area contributed by atoms with Crippen molar-refractivity contribution in [2.24, 2.45) is 5.10 Å². The van der Waals surface area contributed by atoms with Gasteiger partial charge < -0.3 is 19.9 Å². The zero-order chi connectivity index (χ0) is 17.4. The Morgan fingerprint density at radius 1 is 1.46 bits per heavy atom. The maximum atomic E-state index is 10.5. The van der Waals surface area contributed by atoms with E-state index in [1.54, 1.807) is 24.3 Å². The molecule has 0 bridgehead atoms. The smallest absolute Gasteiger partial charge is 0.341 e. The molecule has 1 aromatic rings. The van der Waals surface area contributed by atoms with Crippen molar-refractivity contribution in [1.29, 1.82) is 0 Å². The lowest BCUT2D eigenvalue weighted by molar-refractivity contribution is -0.139. The van der Waals surface area contributed by atoms with E-state index in [4.69, 9.17) is 26.8 Å². The molecule has 0 aromatic heterocycles. The van der Waals surface area contributed by atoms with Gasteiger partial charge in [0.2, 0.25) is 0 Å². The van der Waals surface area contributed by atoms with Crippen LogP contribution < -0.4 is 15.5 Å². The van der Waals surface area contributed by atoms with E-state index >= 15 is 0 Å². The van der Waals surface area contributed by atoms with Crippen LogP contribution in [-0.4, -0.2) is 47.8 Å². The van der Waals surface area contributed by atoms with Gasteiger partial charge in [0.1, 0.15) is 5.75 Å². The maximum absolute atomic E-state index is 10.5.